The Morgan fingerprint density at radius 3 is 2.56 bits per heavy atom. The summed E-state index contributed by atoms with van der Waals surface area (Å²) in [5.41, 5.74) is 0.253. The van der Waals surface area contributed by atoms with Crippen LogP contribution in [0.3, 0.4) is 0 Å². The highest BCUT2D eigenvalue weighted by atomic mass is 35.5. The molecule has 216 valence electrons. The second kappa shape index (κ2) is 11.6. The molecule has 4 aromatic rings. The second-order valence-corrected chi connectivity index (χ2v) is 10.2. The first-order valence-corrected chi connectivity index (χ1v) is 13.1. The Morgan fingerprint density at radius 2 is 1.85 bits per heavy atom. The highest BCUT2D eigenvalue weighted by Gasteiger charge is 2.34. The first kappa shape index (κ1) is 28.7. The van der Waals surface area contributed by atoms with Gasteiger partial charge in [-0.25, -0.2) is 14.2 Å². The maximum Gasteiger partial charge on any atom is 0.416 e. The van der Waals surface area contributed by atoms with Crippen molar-refractivity contribution in [1.29, 1.82) is 0 Å². The van der Waals surface area contributed by atoms with E-state index in [0.717, 1.165) is 25.2 Å². The number of nitrogens with zero attached hydrogens (tertiary/aromatic N) is 3. The molecular weight excluding hydrogens is 564 g/mol. The number of rotatable bonds is 6. The third-order valence-electron chi connectivity index (χ3n) is 6.85. The summed E-state index contributed by atoms with van der Waals surface area (Å²) in [4.78, 5) is 23.9. The Labute approximate surface area is 238 Å². The number of carbonyl (C=O) groups is 1. The van der Waals surface area contributed by atoms with Crippen LogP contribution in [0.2, 0.25) is 5.02 Å². The van der Waals surface area contributed by atoms with Gasteiger partial charge in [0, 0.05) is 56.4 Å². The number of amides is 2. The molecule has 1 aliphatic heterocycles. The van der Waals surface area contributed by atoms with Crippen LogP contribution in [-0.2, 0) is 12.7 Å². The van der Waals surface area contributed by atoms with E-state index in [-0.39, 0.29) is 29.2 Å². The van der Waals surface area contributed by atoms with Crippen molar-refractivity contribution in [3.05, 3.63) is 76.3 Å². The van der Waals surface area contributed by atoms with Gasteiger partial charge in [-0.1, -0.05) is 17.7 Å². The lowest BCUT2D eigenvalue weighted by atomic mass is 10.0. The zero-order chi connectivity index (χ0) is 29.3. The molecule has 3 heterocycles. The zero-order valence-corrected chi connectivity index (χ0v) is 23.0. The minimum atomic E-state index is -4.61. The second-order valence-electron chi connectivity index (χ2n) is 9.87. The predicted molar refractivity (Wildman–Crippen MR) is 149 cm³/mol. The number of aromatic nitrogens is 2. The van der Waals surface area contributed by atoms with Crippen LogP contribution < -0.4 is 15.4 Å². The van der Waals surface area contributed by atoms with E-state index < -0.39 is 23.6 Å². The fraction of sp³-hybridized carbons (Fsp3) is 0.286. The number of pyridine rings is 1. The zero-order valence-electron chi connectivity index (χ0n) is 22.2. The van der Waals surface area contributed by atoms with Crippen molar-refractivity contribution >= 4 is 40.0 Å². The van der Waals surface area contributed by atoms with Gasteiger partial charge in [-0.15, -0.1) is 0 Å². The Morgan fingerprint density at radius 1 is 1.10 bits per heavy atom. The molecule has 1 saturated heterocycles. The van der Waals surface area contributed by atoms with Gasteiger partial charge in [-0.2, -0.15) is 13.2 Å². The molecule has 0 unspecified atom stereocenters. The number of H-pyrrole nitrogens is 1. The molecule has 8 nitrogen and oxygen atoms in total. The van der Waals surface area contributed by atoms with Gasteiger partial charge in [0.25, 0.3) is 0 Å². The number of fused-ring (bicyclic) bond motifs is 1. The molecule has 5 rings (SSSR count). The van der Waals surface area contributed by atoms with Gasteiger partial charge in [-0.05, 0) is 49.9 Å². The monoisotopic (exact) mass is 590 g/mol. The summed E-state index contributed by atoms with van der Waals surface area (Å²) in [5.74, 6) is -0.307. The number of aryl methyl sites for hydroxylation is 1. The van der Waals surface area contributed by atoms with Crippen LogP contribution in [0.5, 0.6) is 11.5 Å². The first-order valence-electron chi connectivity index (χ1n) is 12.8. The number of hydrogen-bond donors (Lipinski definition) is 3. The predicted octanol–water partition coefficient (Wildman–Crippen LogP) is 6.87. The van der Waals surface area contributed by atoms with Crippen LogP contribution in [0, 0.1) is 12.7 Å². The highest BCUT2D eigenvalue weighted by molar-refractivity contribution is 6.36. The van der Waals surface area contributed by atoms with Crippen molar-refractivity contribution < 1.29 is 27.1 Å². The molecule has 0 saturated carbocycles. The third-order valence-corrected chi connectivity index (χ3v) is 7.32. The fourth-order valence-corrected chi connectivity index (χ4v) is 4.86. The number of hydrogen-bond acceptors (Lipinski definition) is 5. The number of carbonyl (C=O) groups excluding carboxylic acids is 1. The van der Waals surface area contributed by atoms with Gasteiger partial charge in [0.1, 0.15) is 23.0 Å². The molecule has 1 fully saturated rings. The van der Waals surface area contributed by atoms with Crippen LogP contribution in [0.4, 0.5) is 33.7 Å². The number of anilines is 2. The molecule has 0 bridgehead atoms. The lowest BCUT2D eigenvalue weighted by Gasteiger charge is -2.33. The van der Waals surface area contributed by atoms with Gasteiger partial charge >= 0.3 is 12.2 Å². The minimum absolute atomic E-state index is 0.0716. The Balaban J connectivity index is 1.26. The molecule has 0 spiro atoms. The van der Waals surface area contributed by atoms with Crippen LogP contribution in [-0.4, -0.2) is 59.0 Å². The summed E-state index contributed by atoms with van der Waals surface area (Å²) < 4.78 is 62.2. The number of ether oxygens (including phenoxy) is 1. The minimum Gasteiger partial charge on any atom is -0.456 e. The lowest BCUT2D eigenvalue weighted by molar-refractivity contribution is -0.138. The van der Waals surface area contributed by atoms with Gasteiger partial charge in [-0.3, -0.25) is 4.90 Å². The number of alkyl halides is 3. The number of benzene rings is 2. The Bertz CT molecular complexity index is 1580. The quantitative estimate of drug-likeness (QED) is 0.214. The summed E-state index contributed by atoms with van der Waals surface area (Å²) in [6.45, 7) is 4.82. The first-order chi connectivity index (χ1) is 19.5. The third kappa shape index (κ3) is 6.55. The number of likely N-dealkylation sites (N-methyl/N-ethyl adjacent to an activating group) is 1. The molecule has 41 heavy (non-hydrogen) atoms. The van der Waals surface area contributed by atoms with E-state index in [1.165, 1.54) is 30.5 Å². The average molecular weight is 591 g/mol. The maximum absolute atomic E-state index is 14.8. The molecule has 13 heteroatoms. The largest absolute Gasteiger partial charge is 0.456 e. The molecule has 0 atom stereocenters. The lowest BCUT2D eigenvalue weighted by Crippen LogP contribution is -2.44. The molecule has 2 amide bonds. The standard InChI is InChI=1S/C28H27ClF4N6O2/c1-16-25(29)24-23(7-8-34-26(24)35-16)41-19-5-6-22(21(30)14-19)37-27(40)36-18-4-3-17(20(13-18)28(31,32)33)15-39-11-9-38(2)10-12-39/h3-8,13-14H,9-12,15H2,1-2H3,(H,34,35)(H2,36,37,40). The Kier molecular flexibility index (Phi) is 8.07. The number of nitrogens with one attached hydrogen (secondary N) is 3. The van der Waals surface area contributed by atoms with E-state index in [9.17, 15) is 22.4 Å². The van der Waals surface area contributed by atoms with Gasteiger partial charge < -0.3 is 25.3 Å². The van der Waals surface area contributed by atoms with Gasteiger partial charge in [0.05, 0.1) is 21.7 Å². The van der Waals surface area contributed by atoms with E-state index in [1.807, 2.05) is 11.9 Å². The summed E-state index contributed by atoms with van der Waals surface area (Å²) in [6, 6.07) is 8.13. The number of urea groups is 1. The van der Waals surface area contributed by atoms with E-state index in [2.05, 4.69) is 25.5 Å². The summed E-state index contributed by atoms with van der Waals surface area (Å²) in [7, 11) is 1.97. The molecule has 1 aliphatic rings. The summed E-state index contributed by atoms with van der Waals surface area (Å²) >= 11 is 6.34. The van der Waals surface area contributed by atoms with Crippen molar-refractivity contribution in [2.45, 2.75) is 19.6 Å². The normalized spacial score (nSPS) is 14.8. The van der Waals surface area contributed by atoms with E-state index >= 15 is 0 Å². The summed E-state index contributed by atoms with van der Waals surface area (Å²) in [5, 5.41) is 5.65. The van der Waals surface area contributed by atoms with Crippen molar-refractivity contribution in [3.8, 4) is 11.5 Å². The molecule has 0 radical (unpaired) electrons. The smallest absolute Gasteiger partial charge is 0.416 e. The van der Waals surface area contributed by atoms with Gasteiger partial charge in [0.2, 0.25) is 0 Å². The molecular formula is C28H27ClF4N6O2. The Hall–Kier alpha value is -3.87. The topological polar surface area (TPSA) is 85.5 Å². The van der Waals surface area contributed by atoms with Gasteiger partial charge in [0.15, 0.2) is 0 Å². The van der Waals surface area contributed by atoms with Crippen molar-refractivity contribution in [3.63, 3.8) is 0 Å². The van der Waals surface area contributed by atoms with Crippen LogP contribution in [0.1, 0.15) is 16.8 Å². The van der Waals surface area contributed by atoms with Crippen molar-refractivity contribution in [1.82, 2.24) is 19.8 Å². The maximum atomic E-state index is 14.8. The van der Waals surface area contributed by atoms with Crippen molar-refractivity contribution in [2.24, 2.45) is 0 Å². The fourth-order valence-electron chi connectivity index (χ4n) is 4.63. The van der Waals surface area contributed by atoms with Crippen LogP contribution in [0.15, 0.2) is 48.7 Å². The number of halogens is 5. The molecule has 0 aliphatic carbocycles. The number of piperazine rings is 1. The average Bonchev–Trinajstić information content (AvgIpc) is 3.21. The van der Waals surface area contributed by atoms with Crippen LogP contribution in [0.25, 0.3) is 11.0 Å². The van der Waals surface area contributed by atoms with E-state index in [4.69, 9.17) is 16.3 Å². The number of aromatic amines is 1. The highest BCUT2D eigenvalue weighted by Crippen LogP contribution is 2.37. The van der Waals surface area contributed by atoms with Crippen molar-refractivity contribution in [2.75, 3.05) is 43.9 Å². The summed E-state index contributed by atoms with van der Waals surface area (Å²) in [6.07, 6.45) is -3.09. The van der Waals surface area contributed by atoms with Crippen LogP contribution >= 0.6 is 11.6 Å². The molecule has 2 aromatic heterocycles. The molecule has 3 N–H and O–H groups in total. The van der Waals surface area contributed by atoms with E-state index in [0.29, 0.717) is 40.6 Å². The SMILES string of the molecule is Cc1[nH]c2nccc(Oc3ccc(NC(=O)Nc4ccc(CN5CCN(C)CC5)c(C(F)(F)F)c4)c(F)c3)c2c1Cl. The molecule has 2 aromatic carbocycles. The van der Waals surface area contributed by atoms with E-state index in [1.54, 1.807) is 13.0 Å².